The van der Waals surface area contributed by atoms with Crippen LogP contribution in [0.3, 0.4) is 0 Å². The molecule has 0 spiro atoms. The molecule has 0 aromatic carbocycles. The Labute approximate surface area is 141 Å². The van der Waals surface area contributed by atoms with E-state index in [0.29, 0.717) is 24.5 Å². The maximum Gasteiger partial charge on any atom is 0.312 e. The number of morpholine rings is 1. The first-order valence-electron chi connectivity index (χ1n) is 8.16. The molecule has 1 N–H and O–H groups in total. The fraction of sp³-hybridized carbons (Fsp3) is 0.733. The predicted octanol–water partition coefficient (Wildman–Crippen LogP) is 0.493. The topological polar surface area (TPSA) is 103 Å². The highest BCUT2D eigenvalue weighted by molar-refractivity contribution is 5.78. The standard InChI is InChI=1S/C15H25N5O4/c1-11(10-19-13(3)14(20(22)23)12(2)17-19)15(21)16-4-5-18-6-8-24-9-7-18/h11H,4-10H2,1-3H3,(H,16,21). The van der Waals surface area contributed by atoms with E-state index < -0.39 is 4.92 Å². The van der Waals surface area contributed by atoms with Crippen LogP contribution in [-0.2, 0) is 16.1 Å². The Bertz CT molecular complexity index is 595. The highest BCUT2D eigenvalue weighted by Gasteiger charge is 2.24. The van der Waals surface area contributed by atoms with Crippen molar-refractivity contribution in [3.05, 3.63) is 21.5 Å². The molecule has 0 aliphatic carbocycles. The molecule has 1 aliphatic heterocycles. The van der Waals surface area contributed by atoms with E-state index in [1.165, 1.54) is 0 Å². The van der Waals surface area contributed by atoms with Crippen LogP contribution in [0.25, 0.3) is 0 Å². The molecule has 1 fully saturated rings. The quantitative estimate of drug-likeness (QED) is 0.573. The minimum Gasteiger partial charge on any atom is -0.379 e. The second kappa shape index (κ2) is 8.20. The summed E-state index contributed by atoms with van der Waals surface area (Å²) in [6.45, 7) is 10.0. The molecular formula is C15H25N5O4. The molecule has 1 atom stereocenters. The Hall–Kier alpha value is -2.00. The van der Waals surface area contributed by atoms with Crippen molar-refractivity contribution in [2.45, 2.75) is 27.3 Å². The van der Waals surface area contributed by atoms with Crippen molar-refractivity contribution in [2.24, 2.45) is 5.92 Å². The lowest BCUT2D eigenvalue weighted by atomic mass is 10.1. The van der Waals surface area contributed by atoms with Crippen molar-refractivity contribution >= 4 is 11.6 Å². The van der Waals surface area contributed by atoms with Crippen LogP contribution >= 0.6 is 0 Å². The summed E-state index contributed by atoms with van der Waals surface area (Å²) in [4.78, 5) is 25.0. The van der Waals surface area contributed by atoms with Crippen molar-refractivity contribution in [1.82, 2.24) is 20.0 Å². The lowest BCUT2D eigenvalue weighted by Crippen LogP contribution is -2.42. The number of carbonyl (C=O) groups is 1. The van der Waals surface area contributed by atoms with Crippen LogP contribution in [0.4, 0.5) is 5.69 Å². The SMILES string of the molecule is Cc1nn(CC(C)C(=O)NCCN2CCOCC2)c(C)c1[N+](=O)[O-]. The maximum atomic E-state index is 12.2. The van der Waals surface area contributed by atoms with E-state index in [9.17, 15) is 14.9 Å². The lowest BCUT2D eigenvalue weighted by Gasteiger charge is -2.26. The van der Waals surface area contributed by atoms with E-state index in [2.05, 4.69) is 15.3 Å². The van der Waals surface area contributed by atoms with Gasteiger partial charge in [-0.1, -0.05) is 6.92 Å². The van der Waals surface area contributed by atoms with Crippen molar-refractivity contribution in [3.63, 3.8) is 0 Å². The summed E-state index contributed by atoms with van der Waals surface area (Å²) in [5, 5.41) is 18.1. The average Bonchev–Trinajstić information content (AvgIpc) is 2.82. The number of aryl methyl sites for hydroxylation is 1. The minimum atomic E-state index is -0.429. The van der Waals surface area contributed by atoms with E-state index in [1.807, 2.05) is 0 Å². The van der Waals surface area contributed by atoms with Gasteiger partial charge in [-0.05, 0) is 13.8 Å². The van der Waals surface area contributed by atoms with Gasteiger partial charge in [0.15, 0.2) is 0 Å². The van der Waals surface area contributed by atoms with Gasteiger partial charge in [-0.25, -0.2) is 0 Å². The van der Waals surface area contributed by atoms with Crippen molar-refractivity contribution in [3.8, 4) is 0 Å². The molecule has 1 aromatic heterocycles. The molecule has 1 aromatic rings. The van der Waals surface area contributed by atoms with Crippen LogP contribution < -0.4 is 5.32 Å². The molecule has 0 radical (unpaired) electrons. The van der Waals surface area contributed by atoms with Gasteiger partial charge in [0.05, 0.1) is 30.6 Å². The number of aromatic nitrogens is 2. The molecule has 24 heavy (non-hydrogen) atoms. The first-order valence-corrected chi connectivity index (χ1v) is 8.16. The Kier molecular flexibility index (Phi) is 6.27. The van der Waals surface area contributed by atoms with Crippen molar-refractivity contribution < 1.29 is 14.5 Å². The Morgan fingerprint density at radius 3 is 2.67 bits per heavy atom. The first kappa shape index (κ1) is 18.3. The first-order chi connectivity index (χ1) is 11.4. The summed E-state index contributed by atoms with van der Waals surface area (Å²) in [6, 6.07) is 0. The zero-order chi connectivity index (χ0) is 17.7. The average molecular weight is 339 g/mol. The lowest BCUT2D eigenvalue weighted by molar-refractivity contribution is -0.386. The molecule has 0 bridgehead atoms. The summed E-state index contributed by atoms with van der Waals surface area (Å²) >= 11 is 0. The second-order valence-electron chi connectivity index (χ2n) is 6.10. The maximum absolute atomic E-state index is 12.2. The molecular weight excluding hydrogens is 314 g/mol. The Morgan fingerprint density at radius 1 is 1.42 bits per heavy atom. The van der Waals surface area contributed by atoms with E-state index in [4.69, 9.17) is 4.74 Å². The molecule has 9 nitrogen and oxygen atoms in total. The molecule has 1 aliphatic rings. The van der Waals surface area contributed by atoms with Crippen LogP contribution in [0.5, 0.6) is 0 Å². The fourth-order valence-electron chi connectivity index (χ4n) is 2.81. The third kappa shape index (κ3) is 4.51. The molecule has 2 heterocycles. The number of nitrogens with one attached hydrogen (secondary N) is 1. The van der Waals surface area contributed by atoms with Gasteiger partial charge >= 0.3 is 5.69 Å². The van der Waals surface area contributed by atoms with Crippen LogP contribution in [-0.4, -0.2) is 64.9 Å². The van der Waals surface area contributed by atoms with Crippen molar-refractivity contribution in [2.75, 3.05) is 39.4 Å². The molecule has 2 rings (SSSR count). The van der Waals surface area contributed by atoms with Crippen molar-refractivity contribution in [1.29, 1.82) is 0 Å². The van der Waals surface area contributed by atoms with Gasteiger partial charge < -0.3 is 10.1 Å². The highest BCUT2D eigenvalue weighted by Crippen LogP contribution is 2.22. The number of hydrogen-bond acceptors (Lipinski definition) is 6. The third-order valence-electron chi connectivity index (χ3n) is 4.25. The molecule has 9 heteroatoms. The monoisotopic (exact) mass is 339 g/mol. The van der Waals surface area contributed by atoms with Gasteiger partial charge in [-0.15, -0.1) is 0 Å². The summed E-state index contributed by atoms with van der Waals surface area (Å²) in [5.74, 6) is -0.384. The van der Waals surface area contributed by atoms with E-state index >= 15 is 0 Å². The van der Waals surface area contributed by atoms with Crippen LogP contribution in [0.1, 0.15) is 18.3 Å². The predicted molar refractivity (Wildman–Crippen MR) is 87.8 cm³/mol. The van der Waals surface area contributed by atoms with Gasteiger partial charge in [-0.3, -0.25) is 24.5 Å². The minimum absolute atomic E-state index is 0.0231. The molecule has 0 saturated carbocycles. The summed E-state index contributed by atoms with van der Waals surface area (Å²) < 4.78 is 6.83. The molecule has 1 saturated heterocycles. The van der Waals surface area contributed by atoms with E-state index in [0.717, 1.165) is 32.8 Å². The number of carbonyl (C=O) groups excluding carboxylic acids is 1. The van der Waals surface area contributed by atoms with Gasteiger partial charge in [0.2, 0.25) is 5.91 Å². The van der Waals surface area contributed by atoms with E-state index in [-0.39, 0.29) is 17.5 Å². The van der Waals surface area contributed by atoms with Gasteiger partial charge in [0, 0.05) is 26.2 Å². The molecule has 1 unspecified atom stereocenters. The van der Waals surface area contributed by atoms with Gasteiger partial charge in [0.25, 0.3) is 0 Å². The van der Waals surface area contributed by atoms with E-state index in [1.54, 1.807) is 25.5 Å². The number of nitrogens with zero attached hydrogens (tertiary/aromatic N) is 4. The van der Waals surface area contributed by atoms with Crippen LogP contribution in [0.15, 0.2) is 0 Å². The number of hydrogen-bond donors (Lipinski definition) is 1. The third-order valence-corrected chi connectivity index (χ3v) is 4.25. The Balaban J connectivity index is 1.83. The number of nitro groups is 1. The zero-order valence-electron chi connectivity index (χ0n) is 14.4. The summed E-state index contributed by atoms with van der Waals surface area (Å²) in [7, 11) is 0. The normalized spacial score (nSPS) is 16.8. The second-order valence-corrected chi connectivity index (χ2v) is 6.10. The van der Waals surface area contributed by atoms with Gasteiger partial charge in [-0.2, -0.15) is 5.10 Å². The number of amides is 1. The summed E-state index contributed by atoms with van der Waals surface area (Å²) in [5.41, 5.74) is 0.873. The summed E-state index contributed by atoms with van der Waals surface area (Å²) in [6.07, 6.45) is 0. The Morgan fingerprint density at radius 2 is 2.08 bits per heavy atom. The van der Waals surface area contributed by atoms with Crippen LogP contribution in [0.2, 0.25) is 0 Å². The smallest absolute Gasteiger partial charge is 0.312 e. The number of rotatable bonds is 7. The molecule has 134 valence electrons. The fourth-order valence-corrected chi connectivity index (χ4v) is 2.81. The zero-order valence-corrected chi connectivity index (χ0v) is 14.4. The highest BCUT2D eigenvalue weighted by atomic mass is 16.6. The van der Waals surface area contributed by atoms with Gasteiger partial charge in [0.1, 0.15) is 11.4 Å². The largest absolute Gasteiger partial charge is 0.379 e. The number of ether oxygens (including phenoxy) is 1. The molecule has 1 amide bonds. The van der Waals surface area contributed by atoms with Crippen LogP contribution in [0, 0.1) is 29.9 Å².